The zero-order chi connectivity index (χ0) is 23.0. The fourth-order valence-electron chi connectivity index (χ4n) is 3.23. The lowest BCUT2D eigenvalue weighted by atomic mass is 10.1. The summed E-state index contributed by atoms with van der Waals surface area (Å²) in [6.45, 7) is 1.57. The van der Waals surface area contributed by atoms with Gasteiger partial charge in [0.25, 0.3) is 0 Å². The van der Waals surface area contributed by atoms with E-state index in [2.05, 4.69) is 5.32 Å². The van der Waals surface area contributed by atoms with E-state index in [1.807, 2.05) is 37.3 Å². The van der Waals surface area contributed by atoms with Crippen molar-refractivity contribution >= 4 is 27.5 Å². The molecule has 2 amide bonds. The number of sulfonamides is 1. The second-order valence-corrected chi connectivity index (χ2v) is 8.92. The van der Waals surface area contributed by atoms with Gasteiger partial charge in [0, 0.05) is 13.6 Å². The second-order valence-electron chi connectivity index (χ2n) is 7.01. The molecule has 2 rings (SSSR count). The predicted molar refractivity (Wildman–Crippen MR) is 120 cm³/mol. The second kappa shape index (κ2) is 10.8. The Hall–Kier alpha value is -3.07. The van der Waals surface area contributed by atoms with Gasteiger partial charge in [0.15, 0.2) is 0 Å². The van der Waals surface area contributed by atoms with E-state index in [1.165, 1.54) is 19.1 Å². The molecule has 0 aliphatic heterocycles. The van der Waals surface area contributed by atoms with E-state index in [-0.39, 0.29) is 12.5 Å². The number of methoxy groups -OCH3 is 1. The molecule has 2 aromatic rings. The van der Waals surface area contributed by atoms with E-state index >= 15 is 0 Å². The maximum absolute atomic E-state index is 13.3. The number of ether oxygens (including phenoxy) is 1. The van der Waals surface area contributed by atoms with Crippen LogP contribution in [-0.2, 0) is 26.2 Å². The van der Waals surface area contributed by atoms with Gasteiger partial charge in [-0.25, -0.2) is 8.42 Å². The summed E-state index contributed by atoms with van der Waals surface area (Å²) in [5, 5.41) is 2.59. The summed E-state index contributed by atoms with van der Waals surface area (Å²) >= 11 is 0. The first-order chi connectivity index (χ1) is 14.7. The lowest BCUT2D eigenvalue weighted by Gasteiger charge is -2.32. The lowest BCUT2D eigenvalue weighted by Crippen LogP contribution is -2.51. The van der Waals surface area contributed by atoms with Crippen LogP contribution in [0.4, 0.5) is 5.69 Å². The summed E-state index contributed by atoms with van der Waals surface area (Å²) in [7, 11) is -0.731. The molecule has 8 nitrogen and oxygen atoms in total. The fourth-order valence-corrected chi connectivity index (χ4v) is 4.08. The molecule has 0 radical (unpaired) electrons. The Kier molecular flexibility index (Phi) is 8.44. The molecular weight excluding hydrogens is 418 g/mol. The minimum atomic E-state index is -3.75. The number of anilines is 1. The van der Waals surface area contributed by atoms with E-state index in [0.717, 1.165) is 16.1 Å². The molecule has 0 saturated carbocycles. The van der Waals surface area contributed by atoms with Crippen molar-refractivity contribution in [2.75, 3.05) is 31.3 Å². The molecule has 0 saturated heterocycles. The molecule has 0 aliphatic carbocycles. The maximum atomic E-state index is 13.3. The van der Waals surface area contributed by atoms with Crippen LogP contribution >= 0.6 is 0 Å². The first-order valence-electron chi connectivity index (χ1n) is 9.88. The van der Waals surface area contributed by atoms with Crippen molar-refractivity contribution in [2.24, 2.45) is 0 Å². The van der Waals surface area contributed by atoms with E-state index in [9.17, 15) is 18.0 Å². The Morgan fingerprint density at radius 2 is 1.68 bits per heavy atom. The number of hydrogen-bond acceptors (Lipinski definition) is 5. The molecule has 9 heteroatoms. The van der Waals surface area contributed by atoms with Crippen LogP contribution in [-0.4, -0.2) is 58.1 Å². The average molecular weight is 448 g/mol. The van der Waals surface area contributed by atoms with Crippen molar-refractivity contribution in [1.82, 2.24) is 10.2 Å². The van der Waals surface area contributed by atoms with Gasteiger partial charge in [0.2, 0.25) is 21.8 Å². The minimum Gasteiger partial charge on any atom is -0.497 e. The van der Waals surface area contributed by atoms with Crippen molar-refractivity contribution in [3.8, 4) is 5.75 Å². The number of amides is 2. The third-order valence-electron chi connectivity index (χ3n) is 4.87. The molecule has 1 atom stereocenters. The van der Waals surface area contributed by atoms with Crippen LogP contribution in [0.25, 0.3) is 0 Å². The van der Waals surface area contributed by atoms with Gasteiger partial charge in [0.1, 0.15) is 18.3 Å². The number of carbonyl (C=O) groups is 2. The van der Waals surface area contributed by atoms with Gasteiger partial charge in [-0.1, -0.05) is 37.3 Å². The van der Waals surface area contributed by atoms with Gasteiger partial charge >= 0.3 is 0 Å². The van der Waals surface area contributed by atoms with Gasteiger partial charge in [-0.2, -0.15) is 0 Å². The average Bonchev–Trinajstić information content (AvgIpc) is 2.77. The van der Waals surface area contributed by atoms with Gasteiger partial charge in [-0.15, -0.1) is 0 Å². The predicted octanol–water partition coefficient (Wildman–Crippen LogP) is 2.01. The van der Waals surface area contributed by atoms with E-state index < -0.39 is 28.5 Å². The summed E-state index contributed by atoms with van der Waals surface area (Å²) in [4.78, 5) is 27.2. The molecule has 0 aromatic heterocycles. The molecule has 0 spiro atoms. The van der Waals surface area contributed by atoms with E-state index in [4.69, 9.17) is 4.74 Å². The number of hydrogen-bond donors (Lipinski definition) is 1. The number of carbonyl (C=O) groups excluding carboxylic acids is 2. The number of benzene rings is 2. The largest absolute Gasteiger partial charge is 0.497 e. The molecule has 0 bridgehead atoms. The smallest absolute Gasteiger partial charge is 0.244 e. The Morgan fingerprint density at radius 3 is 2.16 bits per heavy atom. The van der Waals surface area contributed by atoms with Crippen LogP contribution in [0.3, 0.4) is 0 Å². The summed E-state index contributed by atoms with van der Waals surface area (Å²) in [6, 6.07) is 14.9. The van der Waals surface area contributed by atoms with Crippen LogP contribution < -0.4 is 14.4 Å². The highest BCUT2D eigenvalue weighted by molar-refractivity contribution is 7.92. The SMILES string of the molecule is CCC(C(=O)NC)N(Cc1ccccc1)C(=O)CN(c1ccc(OC)cc1)S(C)(=O)=O. The van der Waals surface area contributed by atoms with Crippen LogP contribution in [0.5, 0.6) is 5.75 Å². The van der Waals surface area contributed by atoms with Crippen molar-refractivity contribution in [2.45, 2.75) is 25.9 Å². The molecule has 0 fully saturated rings. The molecule has 0 aliphatic rings. The van der Waals surface area contributed by atoms with Crippen LogP contribution in [0.1, 0.15) is 18.9 Å². The van der Waals surface area contributed by atoms with Crippen LogP contribution in [0.15, 0.2) is 54.6 Å². The van der Waals surface area contributed by atoms with Crippen molar-refractivity contribution in [1.29, 1.82) is 0 Å². The highest BCUT2D eigenvalue weighted by atomic mass is 32.2. The van der Waals surface area contributed by atoms with Gasteiger partial charge < -0.3 is 15.0 Å². The van der Waals surface area contributed by atoms with E-state index in [0.29, 0.717) is 17.9 Å². The quantitative estimate of drug-likeness (QED) is 0.601. The number of rotatable bonds is 10. The molecular formula is C22H29N3O5S. The van der Waals surface area contributed by atoms with Crippen LogP contribution in [0.2, 0.25) is 0 Å². The molecule has 1 N–H and O–H groups in total. The molecule has 0 heterocycles. The van der Waals surface area contributed by atoms with E-state index in [1.54, 1.807) is 24.3 Å². The van der Waals surface area contributed by atoms with Crippen molar-refractivity contribution in [3.05, 3.63) is 60.2 Å². The summed E-state index contributed by atoms with van der Waals surface area (Å²) < 4.78 is 31.1. The molecule has 168 valence electrons. The monoisotopic (exact) mass is 447 g/mol. The summed E-state index contributed by atoms with van der Waals surface area (Å²) in [5.41, 5.74) is 1.18. The number of likely N-dealkylation sites (N-methyl/N-ethyl adjacent to an activating group) is 1. The number of nitrogens with zero attached hydrogens (tertiary/aromatic N) is 2. The normalized spacial score (nSPS) is 12.0. The Balaban J connectivity index is 2.38. The molecule has 2 aromatic carbocycles. The van der Waals surface area contributed by atoms with Crippen molar-refractivity contribution < 1.29 is 22.7 Å². The summed E-state index contributed by atoms with van der Waals surface area (Å²) in [6.07, 6.45) is 1.43. The first kappa shape index (κ1) is 24.2. The third kappa shape index (κ3) is 6.45. The standard InChI is InChI=1S/C22H29N3O5S/c1-5-20(22(27)23-2)24(15-17-9-7-6-8-10-17)21(26)16-25(31(4,28)29)18-11-13-19(30-3)14-12-18/h6-14,20H,5,15-16H2,1-4H3,(H,23,27). The third-order valence-corrected chi connectivity index (χ3v) is 6.01. The Bertz CT molecular complexity index is 978. The highest BCUT2D eigenvalue weighted by Crippen LogP contribution is 2.22. The molecule has 1 unspecified atom stereocenters. The summed E-state index contributed by atoms with van der Waals surface area (Å²) in [5.74, 6) is -0.206. The van der Waals surface area contributed by atoms with Gasteiger partial charge in [0.05, 0.1) is 19.1 Å². The Morgan fingerprint density at radius 1 is 1.06 bits per heavy atom. The lowest BCUT2D eigenvalue weighted by molar-refractivity contribution is -0.140. The van der Waals surface area contributed by atoms with Gasteiger partial charge in [-0.05, 0) is 36.2 Å². The minimum absolute atomic E-state index is 0.186. The zero-order valence-electron chi connectivity index (χ0n) is 18.2. The van der Waals surface area contributed by atoms with Gasteiger partial charge in [-0.3, -0.25) is 13.9 Å². The number of nitrogens with one attached hydrogen (secondary N) is 1. The van der Waals surface area contributed by atoms with Crippen molar-refractivity contribution in [3.63, 3.8) is 0 Å². The zero-order valence-corrected chi connectivity index (χ0v) is 19.1. The first-order valence-corrected chi connectivity index (χ1v) is 11.7. The highest BCUT2D eigenvalue weighted by Gasteiger charge is 2.31. The molecule has 31 heavy (non-hydrogen) atoms. The fraction of sp³-hybridized carbons (Fsp3) is 0.364. The van der Waals surface area contributed by atoms with Crippen LogP contribution in [0, 0.1) is 0 Å². The topological polar surface area (TPSA) is 96.0 Å². The maximum Gasteiger partial charge on any atom is 0.244 e. The Labute approximate surface area is 183 Å².